The Balaban J connectivity index is 2.01. The fourth-order valence-electron chi connectivity index (χ4n) is 1.31. The van der Waals surface area contributed by atoms with E-state index >= 15 is 0 Å². The lowest BCUT2D eigenvalue weighted by Gasteiger charge is -2.02. The Kier molecular flexibility index (Phi) is 3.31. The number of hydrogen-bond donors (Lipinski definition) is 2. The summed E-state index contributed by atoms with van der Waals surface area (Å²) in [7, 11) is 0. The summed E-state index contributed by atoms with van der Waals surface area (Å²) in [6.45, 7) is 2.40. The van der Waals surface area contributed by atoms with Gasteiger partial charge in [0.1, 0.15) is 4.88 Å². The maximum Gasteiger partial charge on any atom is 0.263 e. The maximum atomic E-state index is 11.8. The van der Waals surface area contributed by atoms with Crippen LogP contribution in [0.15, 0.2) is 23.8 Å². The van der Waals surface area contributed by atoms with E-state index in [0.29, 0.717) is 16.4 Å². The van der Waals surface area contributed by atoms with Gasteiger partial charge in [-0.3, -0.25) is 4.79 Å². The van der Waals surface area contributed by atoms with Crippen molar-refractivity contribution in [1.82, 2.24) is 10.3 Å². The van der Waals surface area contributed by atoms with Crippen molar-refractivity contribution in [2.45, 2.75) is 13.5 Å². The third kappa shape index (κ3) is 2.28. The zero-order valence-corrected chi connectivity index (χ0v) is 10.3. The first-order valence-corrected chi connectivity index (χ1v) is 6.07. The highest BCUT2D eigenvalue weighted by Gasteiger charge is 2.13. The van der Waals surface area contributed by atoms with Gasteiger partial charge in [-0.1, -0.05) is 11.6 Å². The van der Waals surface area contributed by atoms with Gasteiger partial charge in [0.2, 0.25) is 0 Å². The molecule has 0 spiro atoms. The largest absolute Gasteiger partial charge is 0.367 e. The zero-order chi connectivity index (χ0) is 11.5. The third-order valence-electron chi connectivity index (χ3n) is 2.22. The molecule has 0 aliphatic carbocycles. The fraction of sp³-hybridized carbons (Fsp3) is 0.182. The third-order valence-corrected chi connectivity index (χ3v) is 3.92. The highest BCUT2D eigenvalue weighted by atomic mass is 35.5. The minimum atomic E-state index is -0.121. The molecule has 0 saturated heterocycles. The van der Waals surface area contributed by atoms with Crippen molar-refractivity contribution in [2.75, 3.05) is 0 Å². The number of aromatic nitrogens is 1. The minimum Gasteiger partial charge on any atom is -0.367 e. The number of H-pyrrole nitrogens is 1. The van der Waals surface area contributed by atoms with Crippen LogP contribution >= 0.6 is 22.9 Å². The van der Waals surface area contributed by atoms with E-state index in [1.165, 1.54) is 11.3 Å². The number of thiophene rings is 1. The molecule has 0 radical (unpaired) electrons. The summed E-state index contributed by atoms with van der Waals surface area (Å²) < 4.78 is 0. The van der Waals surface area contributed by atoms with Crippen LogP contribution in [0.25, 0.3) is 0 Å². The molecule has 2 rings (SSSR count). The fourth-order valence-corrected chi connectivity index (χ4v) is 2.51. The predicted molar refractivity (Wildman–Crippen MR) is 66.0 cm³/mol. The van der Waals surface area contributed by atoms with Gasteiger partial charge >= 0.3 is 0 Å². The van der Waals surface area contributed by atoms with Crippen LogP contribution in [-0.4, -0.2) is 10.9 Å². The maximum absolute atomic E-state index is 11.8. The van der Waals surface area contributed by atoms with Gasteiger partial charge in [-0.25, -0.2) is 0 Å². The van der Waals surface area contributed by atoms with E-state index in [2.05, 4.69) is 10.3 Å². The van der Waals surface area contributed by atoms with Gasteiger partial charge in [-0.2, -0.15) is 0 Å². The molecule has 0 atom stereocenters. The van der Waals surface area contributed by atoms with Crippen molar-refractivity contribution in [2.24, 2.45) is 0 Å². The molecular formula is C11H11ClN2OS. The number of carbonyl (C=O) groups excluding carboxylic acids is 1. The zero-order valence-electron chi connectivity index (χ0n) is 8.71. The number of aryl methyl sites for hydroxylation is 1. The second-order valence-electron chi connectivity index (χ2n) is 3.46. The van der Waals surface area contributed by atoms with E-state index in [4.69, 9.17) is 11.6 Å². The molecule has 1 amide bonds. The summed E-state index contributed by atoms with van der Waals surface area (Å²) in [6.07, 6.45) is 3.67. The number of hydrogen-bond acceptors (Lipinski definition) is 2. The van der Waals surface area contributed by atoms with Gasteiger partial charge in [-0.15, -0.1) is 11.3 Å². The highest BCUT2D eigenvalue weighted by molar-refractivity contribution is 7.13. The van der Waals surface area contributed by atoms with E-state index in [0.717, 1.165) is 11.1 Å². The molecule has 0 aromatic carbocycles. The number of carbonyl (C=O) groups is 1. The Morgan fingerprint density at radius 3 is 3.00 bits per heavy atom. The molecule has 0 unspecified atom stereocenters. The van der Waals surface area contributed by atoms with Crippen molar-refractivity contribution in [1.29, 1.82) is 0 Å². The average Bonchev–Trinajstić information content (AvgIpc) is 2.88. The molecule has 5 heteroatoms. The number of aromatic amines is 1. The number of nitrogens with one attached hydrogen (secondary N) is 2. The van der Waals surface area contributed by atoms with Crippen LogP contribution in [0.1, 0.15) is 20.8 Å². The van der Waals surface area contributed by atoms with Crippen LogP contribution in [0.2, 0.25) is 5.02 Å². The van der Waals surface area contributed by atoms with Gasteiger partial charge < -0.3 is 10.3 Å². The SMILES string of the molecule is Cc1csc(C(=O)NCc2cc[nH]c2)c1Cl. The monoisotopic (exact) mass is 254 g/mol. The van der Waals surface area contributed by atoms with Gasteiger partial charge in [0.25, 0.3) is 5.91 Å². The number of rotatable bonds is 3. The molecule has 2 aromatic heterocycles. The van der Waals surface area contributed by atoms with Crippen LogP contribution in [-0.2, 0) is 6.54 Å². The van der Waals surface area contributed by atoms with Crippen LogP contribution in [0.4, 0.5) is 0 Å². The second kappa shape index (κ2) is 4.72. The quantitative estimate of drug-likeness (QED) is 0.869. The molecule has 3 nitrogen and oxygen atoms in total. The minimum absolute atomic E-state index is 0.121. The molecule has 2 aromatic rings. The van der Waals surface area contributed by atoms with Crippen LogP contribution in [0, 0.1) is 6.92 Å². The van der Waals surface area contributed by atoms with Crippen molar-refractivity contribution in [3.8, 4) is 0 Å². The Bertz CT molecular complexity index is 490. The summed E-state index contributed by atoms with van der Waals surface area (Å²) >= 11 is 7.38. The lowest BCUT2D eigenvalue weighted by molar-refractivity contribution is 0.0955. The van der Waals surface area contributed by atoms with E-state index in [1.54, 1.807) is 0 Å². The summed E-state index contributed by atoms with van der Waals surface area (Å²) in [4.78, 5) is 15.3. The highest BCUT2D eigenvalue weighted by Crippen LogP contribution is 2.26. The molecular weight excluding hydrogens is 244 g/mol. The smallest absolute Gasteiger partial charge is 0.263 e. The van der Waals surface area contributed by atoms with Crippen molar-refractivity contribution in [3.05, 3.63) is 44.9 Å². The Hall–Kier alpha value is -1.26. The second-order valence-corrected chi connectivity index (χ2v) is 4.72. The van der Waals surface area contributed by atoms with Gasteiger partial charge in [-0.05, 0) is 29.5 Å². The molecule has 0 aliphatic rings. The first-order valence-electron chi connectivity index (χ1n) is 4.82. The molecule has 2 N–H and O–H groups in total. The van der Waals surface area contributed by atoms with Crippen LogP contribution in [0.5, 0.6) is 0 Å². The summed E-state index contributed by atoms with van der Waals surface area (Å²) in [5, 5.41) is 5.26. The van der Waals surface area contributed by atoms with E-state index in [1.807, 2.05) is 30.8 Å². The average molecular weight is 255 g/mol. The topological polar surface area (TPSA) is 44.9 Å². The Labute approximate surface area is 102 Å². The van der Waals surface area contributed by atoms with E-state index < -0.39 is 0 Å². The molecule has 0 bridgehead atoms. The Morgan fingerprint density at radius 1 is 1.62 bits per heavy atom. The molecule has 0 aliphatic heterocycles. The summed E-state index contributed by atoms with van der Waals surface area (Å²) in [5.41, 5.74) is 1.98. The summed E-state index contributed by atoms with van der Waals surface area (Å²) in [5.74, 6) is -0.121. The van der Waals surface area contributed by atoms with E-state index in [-0.39, 0.29) is 5.91 Å². The van der Waals surface area contributed by atoms with Crippen LogP contribution < -0.4 is 5.32 Å². The standard InChI is InChI=1S/C11H11ClN2OS/c1-7-6-16-10(9(7)12)11(15)14-5-8-2-3-13-4-8/h2-4,6,13H,5H2,1H3,(H,14,15). The molecule has 0 fully saturated rings. The van der Waals surface area contributed by atoms with Gasteiger partial charge in [0, 0.05) is 18.9 Å². The normalized spacial score (nSPS) is 10.4. The van der Waals surface area contributed by atoms with Crippen molar-refractivity contribution >= 4 is 28.8 Å². The first-order chi connectivity index (χ1) is 7.68. The lowest BCUT2D eigenvalue weighted by Crippen LogP contribution is -2.21. The van der Waals surface area contributed by atoms with Crippen LogP contribution in [0.3, 0.4) is 0 Å². The Morgan fingerprint density at radius 2 is 2.44 bits per heavy atom. The van der Waals surface area contributed by atoms with Crippen molar-refractivity contribution in [3.63, 3.8) is 0 Å². The lowest BCUT2D eigenvalue weighted by atomic mass is 10.3. The molecule has 84 valence electrons. The molecule has 16 heavy (non-hydrogen) atoms. The van der Waals surface area contributed by atoms with Gasteiger partial charge in [0.15, 0.2) is 0 Å². The predicted octanol–water partition coefficient (Wildman–Crippen LogP) is 2.97. The van der Waals surface area contributed by atoms with Crippen molar-refractivity contribution < 1.29 is 4.79 Å². The number of amides is 1. The first kappa shape index (κ1) is 11.2. The van der Waals surface area contributed by atoms with E-state index in [9.17, 15) is 4.79 Å². The molecule has 2 heterocycles. The summed E-state index contributed by atoms with van der Waals surface area (Å²) in [6, 6.07) is 1.92. The molecule has 0 saturated carbocycles. The number of halogens is 1. The van der Waals surface area contributed by atoms with Gasteiger partial charge in [0.05, 0.1) is 5.02 Å².